The first kappa shape index (κ1) is 20.1. The van der Waals surface area contributed by atoms with Crippen LogP contribution < -0.4 is 4.90 Å². The summed E-state index contributed by atoms with van der Waals surface area (Å²) >= 11 is 1.29. The number of thiazole rings is 1. The standard InChI is InChI=1S/C25H18N2O4S/c1-14-6-8-16(9-7-14)22(29)20-21(15-10-12-17(28)13-11-15)27(24(31)23(20)30)25-26-18-4-2-3-5-19(18)32-25/h2-13,20-21,28H,1H3. The van der Waals surface area contributed by atoms with Gasteiger partial charge >= 0.3 is 0 Å². The number of nitrogens with zero attached hydrogens (tertiary/aromatic N) is 2. The van der Waals surface area contributed by atoms with Crippen molar-refractivity contribution in [2.24, 2.45) is 5.92 Å². The van der Waals surface area contributed by atoms with Crippen LogP contribution in [0.15, 0.2) is 72.8 Å². The smallest absolute Gasteiger partial charge is 0.297 e. The molecule has 2 heterocycles. The zero-order valence-corrected chi connectivity index (χ0v) is 17.9. The van der Waals surface area contributed by atoms with Crippen LogP contribution in [0.5, 0.6) is 5.75 Å². The number of benzene rings is 3. The van der Waals surface area contributed by atoms with E-state index >= 15 is 0 Å². The monoisotopic (exact) mass is 442 g/mol. The zero-order chi connectivity index (χ0) is 22.4. The third-order valence-electron chi connectivity index (χ3n) is 5.65. The molecule has 1 N–H and O–H groups in total. The number of amides is 1. The van der Waals surface area contributed by atoms with Crippen LogP contribution in [0.25, 0.3) is 10.2 Å². The predicted molar refractivity (Wildman–Crippen MR) is 122 cm³/mol. The summed E-state index contributed by atoms with van der Waals surface area (Å²) in [6.07, 6.45) is 0. The van der Waals surface area contributed by atoms with Gasteiger partial charge in [0.25, 0.3) is 5.91 Å². The number of phenols is 1. The predicted octanol–water partition coefficient (Wildman–Crippen LogP) is 4.47. The lowest BCUT2D eigenvalue weighted by Crippen LogP contribution is -2.30. The van der Waals surface area contributed by atoms with Gasteiger partial charge in [-0.3, -0.25) is 19.3 Å². The SMILES string of the molecule is Cc1ccc(C(=O)C2C(=O)C(=O)N(c3nc4ccccc4s3)C2c2ccc(O)cc2)cc1. The molecular weight excluding hydrogens is 424 g/mol. The van der Waals surface area contributed by atoms with Crippen molar-refractivity contribution < 1.29 is 19.5 Å². The van der Waals surface area contributed by atoms with Crippen molar-refractivity contribution >= 4 is 44.2 Å². The van der Waals surface area contributed by atoms with Gasteiger partial charge in [-0.25, -0.2) is 4.98 Å². The number of aromatic nitrogens is 1. The molecule has 5 rings (SSSR count). The molecule has 2 atom stereocenters. The lowest BCUT2D eigenvalue weighted by atomic mass is 9.86. The Kier molecular flexibility index (Phi) is 4.83. The number of rotatable bonds is 4. The molecule has 1 amide bonds. The van der Waals surface area contributed by atoms with Gasteiger partial charge in [0.15, 0.2) is 10.9 Å². The van der Waals surface area contributed by atoms with Crippen molar-refractivity contribution in [3.05, 3.63) is 89.5 Å². The highest BCUT2D eigenvalue weighted by molar-refractivity contribution is 7.22. The van der Waals surface area contributed by atoms with E-state index in [-0.39, 0.29) is 5.75 Å². The van der Waals surface area contributed by atoms with Gasteiger partial charge in [0.1, 0.15) is 11.7 Å². The molecule has 0 spiro atoms. The highest BCUT2D eigenvalue weighted by Crippen LogP contribution is 2.43. The van der Waals surface area contributed by atoms with Gasteiger partial charge in [-0.15, -0.1) is 0 Å². The first-order chi connectivity index (χ1) is 15.4. The van der Waals surface area contributed by atoms with Gasteiger partial charge in [-0.05, 0) is 36.8 Å². The van der Waals surface area contributed by atoms with E-state index in [1.54, 1.807) is 36.4 Å². The van der Waals surface area contributed by atoms with Crippen molar-refractivity contribution in [3.63, 3.8) is 0 Å². The quantitative estimate of drug-likeness (QED) is 0.286. The summed E-state index contributed by atoms with van der Waals surface area (Å²) in [7, 11) is 0. The van der Waals surface area contributed by atoms with Crippen LogP contribution in [0, 0.1) is 12.8 Å². The fourth-order valence-corrected chi connectivity index (χ4v) is 5.01. The average Bonchev–Trinajstić information content (AvgIpc) is 3.33. The number of carbonyl (C=O) groups excluding carboxylic acids is 3. The number of Topliss-reactive ketones (excluding diaryl/α,β-unsaturated/α-hetero) is 2. The Bertz CT molecular complexity index is 1330. The van der Waals surface area contributed by atoms with Crippen LogP contribution in [0.4, 0.5) is 5.13 Å². The molecule has 2 unspecified atom stereocenters. The minimum Gasteiger partial charge on any atom is -0.508 e. The third kappa shape index (κ3) is 3.27. The van der Waals surface area contributed by atoms with Gasteiger partial charge in [-0.2, -0.15) is 0 Å². The normalized spacial score (nSPS) is 18.5. The fraction of sp³-hybridized carbons (Fsp3) is 0.120. The van der Waals surface area contributed by atoms with Crippen molar-refractivity contribution in [1.29, 1.82) is 0 Å². The number of fused-ring (bicyclic) bond motifs is 1. The van der Waals surface area contributed by atoms with Gasteiger partial charge in [0, 0.05) is 5.56 Å². The minimum absolute atomic E-state index is 0.0531. The summed E-state index contributed by atoms with van der Waals surface area (Å²) in [4.78, 5) is 45.7. The van der Waals surface area contributed by atoms with E-state index in [0.717, 1.165) is 10.3 Å². The molecule has 1 fully saturated rings. The molecule has 0 saturated carbocycles. The fourth-order valence-electron chi connectivity index (χ4n) is 4.01. The molecule has 7 heteroatoms. The second-order valence-electron chi connectivity index (χ2n) is 7.75. The van der Waals surface area contributed by atoms with Crippen LogP contribution in [0.3, 0.4) is 0 Å². The molecule has 0 radical (unpaired) electrons. The summed E-state index contributed by atoms with van der Waals surface area (Å²) in [6, 6.07) is 19.8. The molecule has 0 bridgehead atoms. The van der Waals surface area contributed by atoms with E-state index in [2.05, 4.69) is 4.98 Å². The van der Waals surface area contributed by atoms with E-state index in [9.17, 15) is 19.5 Å². The number of carbonyl (C=O) groups is 3. The molecule has 6 nitrogen and oxygen atoms in total. The Morgan fingerprint density at radius 1 is 0.969 bits per heavy atom. The van der Waals surface area contributed by atoms with Crippen LogP contribution in [-0.4, -0.2) is 27.6 Å². The molecule has 1 aromatic heterocycles. The van der Waals surface area contributed by atoms with Gasteiger partial charge in [0.05, 0.1) is 16.3 Å². The molecule has 1 saturated heterocycles. The zero-order valence-electron chi connectivity index (χ0n) is 17.1. The van der Waals surface area contributed by atoms with E-state index in [4.69, 9.17) is 0 Å². The maximum atomic E-state index is 13.4. The molecule has 1 aliphatic rings. The Hall–Kier alpha value is -3.84. The number of aryl methyl sites for hydroxylation is 1. The maximum Gasteiger partial charge on any atom is 0.297 e. The number of anilines is 1. The summed E-state index contributed by atoms with van der Waals surface area (Å²) in [5.41, 5.74) is 2.65. The van der Waals surface area contributed by atoms with E-state index in [1.165, 1.54) is 28.4 Å². The lowest BCUT2D eigenvalue weighted by molar-refractivity contribution is -0.135. The Labute approximate surface area is 187 Å². The van der Waals surface area contributed by atoms with Crippen molar-refractivity contribution in [3.8, 4) is 5.75 Å². The molecular formula is C25H18N2O4S. The summed E-state index contributed by atoms with van der Waals surface area (Å²) in [6.45, 7) is 1.91. The minimum atomic E-state index is -1.21. The molecule has 1 aliphatic heterocycles. The Morgan fingerprint density at radius 3 is 2.34 bits per heavy atom. The van der Waals surface area contributed by atoms with Crippen LogP contribution in [0.1, 0.15) is 27.5 Å². The number of para-hydroxylation sites is 1. The number of ketones is 2. The number of hydrogen-bond donors (Lipinski definition) is 1. The second-order valence-corrected chi connectivity index (χ2v) is 8.76. The van der Waals surface area contributed by atoms with Crippen LogP contribution >= 0.6 is 11.3 Å². The van der Waals surface area contributed by atoms with Gasteiger partial charge in [-0.1, -0.05) is 65.4 Å². The van der Waals surface area contributed by atoms with E-state index in [0.29, 0.717) is 21.8 Å². The number of hydrogen-bond acceptors (Lipinski definition) is 6. The maximum absolute atomic E-state index is 13.4. The molecule has 32 heavy (non-hydrogen) atoms. The van der Waals surface area contributed by atoms with Crippen LogP contribution in [-0.2, 0) is 9.59 Å². The van der Waals surface area contributed by atoms with Crippen molar-refractivity contribution in [2.75, 3.05) is 4.90 Å². The van der Waals surface area contributed by atoms with Gasteiger partial charge < -0.3 is 5.11 Å². The summed E-state index contributed by atoms with van der Waals surface area (Å²) < 4.78 is 0.875. The first-order valence-electron chi connectivity index (χ1n) is 10.1. The topological polar surface area (TPSA) is 87.6 Å². The van der Waals surface area contributed by atoms with E-state index < -0.39 is 29.4 Å². The van der Waals surface area contributed by atoms with Crippen molar-refractivity contribution in [1.82, 2.24) is 4.98 Å². The molecule has 4 aromatic rings. The Balaban J connectivity index is 1.66. The van der Waals surface area contributed by atoms with Gasteiger partial charge in [0.2, 0.25) is 5.78 Å². The summed E-state index contributed by atoms with van der Waals surface area (Å²) in [5, 5.41) is 10.1. The Morgan fingerprint density at radius 2 is 1.66 bits per heavy atom. The number of aromatic hydroxyl groups is 1. The van der Waals surface area contributed by atoms with Crippen LogP contribution in [0.2, 0.25) is 0 Å². The number of phenolic OH excluding ortho intramolecular Hbond substituents is 1. The molecule has 158 valence electrons. The largest absolute Gasteiger partial charge is 0.508 e. The van der Waals surface area contributed by atoms with E-state index in [1.807, 2.05) is 31.2 Å². The first-order valence-corrected chi connectivity index (χ1v) is 10.9. The molecule has 0 aliphatic carbocycles. The highest BCUT2D eigenvalue weighted by Gasteiger charge is 2.53. The second kappa shape index (κ2) is 7.69. The molecule has 3 aromatic carbocycles. The highest BCUT2D eigenvalue weighted by atomic mass is 32.1. The lowest BCUT2D eigenvalue weighted by Gasteiger charge is -2.25. The third-order valence-corrected chi connectivity index (χ3v) is 6.68. The average molecular weight is 442 g/mol. The van der Waals surface area contributed by atoms with Crippen molar-refractivity contribution in [2.45, 2.75) is 13.0 Å². The summed E-state index contributed by atoms with van der Waals surface area (Å²) in [5.74, 6) is -3.08.